The summed E-state index contributed by atoms with van der Waals surface area (Å²) in [6, 6.07) is 14.5. The van der Waals surface area contributed by atoms with Crippen molar-refractivity contribution in [1.82, 2.24) is 9.13 Å². The molecule has 0 radical (unpaired) electrons. The molecule has 0 aliphatic carbocycles. The summed E-state index contributed by atoms with van der Waals surface area (Å²) in [5.74, 6) is -0.0540. The molecule has 0 saturated carbocycles. The number of para-hydroxylation sites is 2. The molecule has 0 aliphatic rings. The van der Waals surface area contributed by atoms with Crippen LogP contribution in [0, 0.1) is 5.41 Å². The van der Waals surface area contributed by atoms with E-state index in [1.54, 1.807) is 34.9 Å². The zero-order valence-corrected chi connectivity index (χ0v) is 15.2. The molecule has 0 spiro atoms. The number of imidazole rings is 1. The average Bonchev–Trinajstić information content (AvgIpc) is 2.82. The molecular weight excluding hydrogens is 390 g/mol. The Balaban J connectivity index is 0.00000208. The van der Waals surface area contributed by atoms with E-state index in [-0.39, 0.29) is 34.9 Å². The molecule has 1 heterocycles. The highest BCUT2D eigenvalue weighted by molar-refractivity contribution is 6.30. The molecular formula is C18H16BrClN3O-. The minimum atomic E-state index is -0.0540. The minimum Gasteiger partial charge on any atom is -1.00 e. The fourth-order valence-corrected chi connectivity index (χ4v) is 2.77. The third-order valence-corrected chi connectivity index (χ3v) is 4.01. The van der Waals surface area contributed by atoms with Gasteiger partial charge < -0.3 is 26.1 Å². The van der Waals surface area contributed by atoms with Gasteiger partial charge in [0, 0.05) is 17.1 Å². The van der Waals surface area contributed by atoms with Crippen LogP contribution in [0.15, 0.2) is 61.2 Å². The predicted molar refractivity (Wildman–Crippen MR) is 91.8 cm³/mol. The Hall–Kier alpha value is -2.11. The summed E-state index contributed by atoms with van der Waals surface area (Å²) in [5.41, 5.74) is 2.65. The maximum absolute atomic E-state index is 12.5. The number of hydrogen-bond acceptors (Lipinski definition) is 2. The molecule has 3 aromatic rings. The number of rotatable bonds is 5. The van der Waals surface area contributed by atoms with Crippen molar-refractivity contribution in [3.05, 3.63) is 77.4 Å². The van der Waals surface area contributed by atoms with Crippen LogP contribution < -0.4 is 22.6 Å². The largest absolute Gasteiger partial charge is 1.00 e. The molecule has 0 atom stereocenters. The Morgan fingerprint density at radius 1 is 1.08 bits per heavy atom. The highest BCUT2D eigenvalue weighted by Gasteiger charge is 2.13. The Labute approximate surface area is 155 Å². The van der Waals surface area contributed by atoms with E-state index in [2.05, 4.69) is 6.58 Å². The number of ketones is 1. The third kappa shape index (κ3) is 3.37. The molecule has 2 aromatic carbocycles. The van der Waals surface area contributed by atoms with Gasteiger partial charge in [0.05, 0.1) is 17.6 Å². The van der Waals surface area contributed by atoms with Crippen LogP contribution in [0.4, 0.5) is 0 Å². The van der Waals surface area contributed by atoms with E-state index in [9.17, 15) is 4.79 Å². The Morgan fingerprint density at radius 2 is 1.67 bits per heavy atom. The number of halogens is 2. The standard InChI is InChI=1S/C18H16ClN3O.BrH/c1-2-11-21-15-5-3-4-6-16(15)22(18(21)20)12-17(23)13-7-9-14(19)10-8-13;/h2-10,20H,1,11-12H2;1H/p-1. The van der Waals surface area contributed by atoms with Crippen LogP contribution in [0.1, 0.15) is 10.4 Å². The first kappa shape index (κ1) is 18.2. The van der Waals surface area contributed by atoms with Gasteiger partial charge >= 0.3 is 0 Å². The van der Waals surface area contributed by atoms with Gasteiger partial charge in [0.15, 0.2) is 5.78 Å². The van der Waals surface area contributed by atoms with Crippen molar-refractivity contribution >= 4 is 28.4 Å². The van der Waals surface area contributed by atoms with E-state index >= 15 is 0 Å². The Kier molecular flexibility index (Phi) is 5.80. The summed E-state index contributed by atoms with van der Waals surface area (Å²) in [6.07, 6.45) is 1.75. The number of hydrogen-bond donors (Lipinski definition) is 1. The summed E-state index contributed by atoms with van der Waals surface area (Å²) >= 11 is 5.86. The number of carbonyl (C=O) groups is 1. The monoisotopic (exact) mass is 404 g/mol. The molecule has 6 heteroatoms. The third-order valence-electron chi connectivity index (χ3n) is 3.75. The van der Waals surface area contributed by atoms with Crippen LogP contribution in [-0.4, -0.2) is 14.9 Å². The first-order valence-corrected chi connectivity index (χ1v) is 7.62. The van der Waals surface area contributed by atoms with Crippen LogP contribution in [0.3, 0.4) is 0 Å². The summed E-state index contributed by atoms with van der Waals surface area (Å²) in [5, 5.41) is 8.97. The van der Waals surface area contributed by atoms with Gasteiger partial charge in [-0.3, -0.25) is 10.2 Å². The maximum Gasteiger partial charge on any atom is 0.203 e. The van der Waals surface area contributed by atoms with Crippen molar-refractivity contribution < 1.29 is 21.8 Å². The SMILES string of the molecule is C=CCn1c(=N)n(CC(=O)c2ccc(Cl)cc2)c2ccccc21.[Br-]. The van der Waals surface area contributed by atoms with Gasteiger partial charge in [-0.05, 0) is 36.4 Å². The zero-order valence-electron chi connectivity index (χ0n) is 12.9. The van der Waals surface area contributed by atoms with Crippen LogP contribution in [-0.2, 0) is 13.1 Å². The number of allylic oxidation sites excluding steroid dienone is 1. The lowest BCUT2D eigenvalue weighted by atomic mass is 10.1. The van der Waals surface area contributed by atoms with Crippen molar-refractivity contribution in [2.45, 2.75) is 13.1 Å². The number of nitrogens with zero attached hydrogens (tertiary/aromatic N) is 2. The van der Waals surface area contributed by atoms with Gasteiger partial charge in [-0.1, -0.05) is 29.8 Å². The molecule has 0 saturated heterocycles. The highest BCUT2D eigenvalue weighted by atomic mass is 79.9. The first-order chi connectivity index (χ1) is 11.1. The van der Waals surface area contributed by atoms with E-state index in [4.69, 9.17) is 17.0 Å². The summed E-state index contributed by atoms with van der Waals surface area (Å²) in [4.78, 5) is 12.5. The molecule has 4 nitrogen and oxygen atoms in total. The van der Waals surface area contributed by atoms with E-state index in [1.165, 1.54) is 0 Å². The topological polar surface area (TPSA) is 50.8 Å². The molecule has 124 valence electrons. The lowest BCUT2D eigenvalue weighted by Gasteiger charge is -2.04. The average molecular weight is 406 g/mol. The summed E-state index contributed by atoms with van der Waals surface area (Å²) in [7, 11) is 0. The van der Waals surface area contributed by atoms with Crippen LogP contribution >= 0.6 is 11.6 Å². The van der Waals surface area contributed by atoms with E-state index in [1.807, 2.05) is 28.8 Å². The van der Waals surface area contributed by atoms with E-state index < -0.39 is 0 Å². The second kappa shape index (κ2) is 7.64. The van der Waals surface area contributed by atoms with Gasteiger partial charge in [0.2, 0.25) is 5.62 Å². The quantitative estimate of drug-likeness (QED) is 0.492. The van der Waals surface area contributed by atoms with Gasteiger partial charge in [0.1, 0.15) is 0 Å². The fraction of sp³-hybridized carbons (Fsp3) is 0.111. The van der Waals surface area contributed by atoms with Crippen molar-refractivity contribution in [2.75, 3.05) is 0 Å². The van der Waals surface area contributed by atoms with E-state index in [0.717, 1.165) is 11.0 Å². The summed E-state index contributed by atoms with van der Waals surface area (Å²) in [6.45, 7) is 4.38. The molecule has 1 aromatic heterocycles. The van der Waals surface area contributed by atoms with Crippen LogP contribution in [0.5, 0.6) is 0 Å². The molecule has 0 aliphatic heterocycles. The van der Waals surface area contributed by atoms with Gasteiger partial charge in [-0.25, -0.2) is 0 Å². The number of fused-ring (bicyclic) bond motifs is 1. The van der Waals surface area contributed by atoms with Gasteiger partial charge in [-0.2, -0.15) is 0 Å². The molecule has 24 heavy (non-hydrogen) atoms. The van der Waals surface area contributed by atoms with Crippen molar-refractivity contribution in [1.29, 1.82) is 5.41 Å². The molecule has 0 fully saturated rings. The fourth-order valence-electron chi connectivity index (χ4n) is 2.64. The predicted octanol–water partition coefficient (Wildman–Crippen LogP) is 0.649. The highest BCUT2D eigenvalue weighted by Crippen LogP contribution is 2.15. The Morgan fingerprint density at radius 3 is 2.25 bits per heavy atom. The number of nitrogens with one attached hydrogen (secondary N) is 1. The van der Waals surface area contributed by atoms with Gasteiger partial charge in [0.25, 0.3) is 0 Å². The Bertz CT molecular complexity index is 941. The second-order valence-corrected chi connectivity index (χ2v) is 5.66. The van der Waals surface area contributed by atoms with Crippen LogP contribution in [0.2, 0.25) is 5.02 Å². The smallest absolute Gasteiger partial charge is 0.203 e. The number of Topliss-reactive ketones (excluding diaryl/α,β-unsaturated/α-hetero) is 1. The molecule has 0 bridgehead atoms. The first-order valence-electron chi connectivity index (χ1n) is 7.24. The maximum atomic E-state index is 12.5. The molecule has 0 unspecified atom stereocenters. The van der Waals surface area contributed by atoms with Crippen molar-refractivity contribution in [3.8, 4) is 0 Å². The number of carbonyl (C=O) groups excluding carboxylic acids is 1. The molecule has 1 N–H and O–H groups in total. The minimum absolute atomic E-state index is 0. The lowest BCUT2D eigenvalue weighted by molar-refractivity contribution is -0.0000127. The van der Waals surface area contributed by atoms with E-state index in [0.29, 0.717) is 17.1 Å². The zero-order chi connectivity index (χ0) is 16.4. The van der Waals surface area contributed by atoms with Crippen LogP contribution in [0.25, 0.3) is 11.0 Å². The number of aromatic nitrogens is 2. The van der Waals surface area contributed by atoms with Gasteiger partial charge in [-0.15, -0.1) is 6.58 Å². The molecule has 3 rings (SSSR count). The van der Waals surface area contributed by atoms with Crippen molar-refractivity contribution in [3.63, 3.8) is 0 Å². The second-order valence-electron chi connectivity index (χ2n) is 5.23. The summed E-state index contributed by atoms with van der Waals surface area (Å²) < 4.78 is 3.55. The normalized spacial score (nSPS) is 10.4. The molecule has 0 amide bonds. The number of benzene rings is 2. The lowest BCUT2D eigenvalue weighted by Crippen LogP contribution is -3.00. The van der Waals surface area contributed by atoms with Crippen molar-refractivity contribution in [2.24, 2.45) is 0 Å².